The van der Waals surface area contributed by atoms with Crippen molar-refractivity contribution in [3.05, 3.63) is 28.2 Å². The molecule has 2 aromatic rings. The van der Waals surface area contributed by atoms with Crippen molar-refractivity contribution in [2.45, 2.75) is 44.1 Å². The van der Waals surface area contributed by atoms with Crippen LogP contribution in [0.25, 0.3) is 10.2 Å². The van der Waals surface area contributed by atoms with Gasteiger partial charge in [-0.2, -0.15) is 0 Å². The zero-order valence-corrected chi connectivity index (χ0v) is 11.9. The molecular weight excluding hydrogens is 264 g/mol. The SMILES string of the molecule is NC1(Cc2nc3cc(Cl)ccc3s2)CCCCC1. The third kappa shape index (κ3) is 2.53. The Kier molecular flexibility index (Phi) is 3.31. The molecule has 3 rings (SSSR count). The molecule has 0 atom stereocenters. The van der Waals surface area contributed by atoms with E-state index < -0.39 is 0 Å². The van der Waals surface area contributed by atoms with Gasteiger partial charge in [0.15, 0.2) is 0 Å². The molecule has 0 aliphatic heterocycles. The van der Waals surface area contributed by atoms with Gasteiger partial charge in [-0.25, -0.2) is 4.98 Å². The first kappa shape index (κ1) is 12.4. The summed E-state index contributed by atoms with van der Waals surface area (Å²) in [7, 11) is 0. The van der Waals surface area contributed by atoms with Crippen LogP contribution in [0.2, 0.25) is 5.02 Å². The molecule has 1 aliphatic rings. The quantitative estimate of drug-likeness (QED) is 0.897. The Hall–Kier alpha value is -0.640. The number of fused-ring (bicyclic) bond motifs is 1. The number of nitrogens with zero attached hydrogens (tertiary/aromatic N) is 1. The maximum Gasteiger partial charge on any atom is 0.0956 e. The monoisotopic (exact) mass is 280 g/mol. The van der Waals surface area contributed by atoms with Crippen molar-refractivity contribution in [3.8, 4) is 0 Å². The summed E-state index contributed by atoms with van der Waals surface area (Å²) in [5.74, 6) is 0. The average Bonchev–Trinajstić information content (AvgIpc) is 2.70. The second-order valence-corrected chi connectivity index (χ2v) is 6.87. The number of halogens is 1. The Morgan fingerprint density at radius 3 is 2.83 bits per heavy atom. The Labute approximate surface area is 116 Å². The Morgan fingerprint density at radius 2 is 2.06 bits per heavy atom. The summed E-state index contributed by atoms with van der Waals surface area (Å²) in [6.07, 6.45) is 7.01. The van der Waals surface area contributed by atoms with Crippen LogP contribution in [0.15, 0.2) is 18.2 Å². The lowest BCUT2D eigenvalue weighted by atomic mass is 9.80. The molecule has 4 heteroatoms. The summed E-state index contributed by atoms with van der Waals surface area (Å²) < 4.78 is 1.20. The molecule has 1 heterocycles. The number of thiazole rings is 1. The molecule has 1 saturated carbocycles. The van der Waals surface area contributed by atoms with Gasteiger partial charge in [-0.05, 0) is 31.0 Å². The molecule has 0 bridgehead atoms. The van der Waals surface area contributed by atoms with E-state index in [1.807, 2.05) is 18.2 Å². The van der Waals surface area contributed by atoms with Gasteiger partial charge >= 0.3 is 0 Å². The van der Waals surface area contributed by atoms with Crippen LogP contribution in [0.3, 0.4) is 0 Å². The topological polar surface area (TPSA) is 38.9 Å². The largest absolute Gasteiger partial charge is 0.325 e. The zero-order chi connectivity index (χ0) is 12.6. The van der Waals surface area contributed by atoms with E-state index in [1.165, 1.54) is 24.0 Å². The summed E-state index contributed by atoms with van der Waals surface area (Å²) in [5, 5.41) is 1.90. The van der Waals surface area contributed by atoms with Crippen LogP contribution in [0.5, 0.6) is 0 Å². The van der Waals surface area contributed by atoms with Crippen LogP contribution in [-0.2, 0) is 6.42 Å². The number of benzene rings is 1. The molecule has 2 nitrogen and oxygen atoms in total. The van der Waals surface area contributed by atoms with E-state index in [0.29, 0.717) is 0 Å². The summed E-state index contributed by atoms with van der Waals surface area (Å²) in [4.78, 5) is 4.67. The molecular formula is C14H17ClN2S. The minimum atomic E-state index is -0.0318. The maximum absolute atomic E-state index is 6.48. The standard InChI is InChI=1S/C14H17ClN2S/c15-10-4-5-12-11(8-10)17-13(18-12)9-14(16)6-2-1-3-7-14/h4-5,8H,1-3,6-7,9,16H2. The van der Waals surface area contributed by atoms with Crippen molar-refractivity contribution in [3.63, 3.8) is 0 Å². The highest BCUT2D eigenvalue weighted by Crippen LogP contribution is 2.32. The summed E-state index contributed by atoms with van der Waals surface area (Å²) in [6, 6.07) is 5.90. The van der Waals surface area contributed by atoms with Crippen LogP contribution in [0.4, 0.5) is 0 Å². The number of hydrogen-bond donors (Lipinski definition) is 1. The molecule has 0 radical (unpaired) electrons. The fourth-order valence-corrected chi connectivity index (χ4v) is 4.03. The Balaban J connectivity index is 1.86. The van der Waals surface area contributed by atoms with Gasteiger partial charge in [0.05, 0.1) is 15.2 Å². The van der Waals surface area contributed by atoms with Gasteiger partial charge < -0.3 is 5.73 Å². The fourth-order valence-electron chi connectivity index (χ4n) is 2.76. The maximum atomic E-state index is 6.48. The number of aromatic nitrogens is 1. The summed E-state index contributed by atoms with van der Waals surface area (Å²) in [6.45, 7) is 0. The minimum Gasteiger partial charge on any atom is -0.325 e. The predicted octanol–water partition coefficient (Wildman–Crippen LogP) is 4.15. The molecule has 1 aliphatic carbocycles. The highest BCUT2D eigenvalue weighted by Gasteiger charge is 2.28. The van der Waals surface area contributed by atoms with E-state index in [2.05, 4.69) is 4.98 Å². The van der Waals surface area contributed by atoms with Gasteiger partial charge in [0.1, 0.15) is 0 Å². The van der Waals surface area contributed by atoms with Crippen molar-refractivity contribution in [2.75, 3.05) is 0 Å². The van der Waals surface area contributed by atoms with Crippen LogP contribution < -0.4 is 5.73 Å². The first-order valence-electron chi connectivity index (χ1n) is 6.49. The summed E-state index contributed by atoms with van der Waals surface area (Å²) >= 11 is 7.74. The highest BCUT2D eigenvalue weighted by atomic mass is 35.5. The van der Waals surface area contributed by atoms with Crippen LogP contribution in [-0.4, -0.2) is 10.5 Å². The van der Waals surface area contributed by atoms with Crippen molar-refractivity contribution < 1.29 is 0 Å². The van der Waals surface area contributed by atoms with Gasteiger partial charge in [-0.1, -0.05) is 30.9 Å². The molecule has 2 N–H and O–H groups in total. The zero-order valence-electron chi connectivity index (χ0n) is 10.3. The van der Waals surface area contributed by atoms with E-state index in [4.69, 9.17) is 17.3 Å². The Morgan fingerprint density at radius 1 is 1.28 bits per heavy atom. The lowest BCUT2D eigenvalue weighted by Gasteiger charge is -2.32. The van der Waals surface area contributed by atoms with E-state index in [1.54, 1.807) is 11.3 Å². The third-order valence-corrected chi connectivity index (χ3v) is 5.02. The van der Waals surface area contributed by atoms with Gasteiger partial charge in [0, 0.05) is 17.0 Å². The predicted molar refractivity (Wildman–Crippen MR) is 78.3 cm³/mol. The molecule has 1 aromatic heterocycles. The van der Waals surface area contributed by atoms with Crippen LogP contribution in [0, 0.1) is 0 Å². The Bertz CT molecular complexity index is 558. The molecule has 18 heavy (non-hydrogen) atoms. The van der Waals surface area contributed by atoms with E-state index in [-0.39, 0.29) is 5.54 Å². The number of nitrogens with two attached hydrogens (primary N) is 1. The average molecular weight is 281 g/mol. The van der Waals surface area contributed by atoms with Gasteiger partial charge in [0.2, 0.25) is 0 Å². The normalized spacial score (nSPS) is 19.2. The van der Waals surface area contributed by atoms with E-state index >= 15 is 0 Å². The van der Waals surface area contributed by atoms with Gasteiger partial charge in [0.25, 0.3) is 0 Å². The molecule has 0 unspecified atom stereocenters. The molecule has 1 fully saturated rings. The van der Waals surface area contributed by atoms with Crippen molar-refractivity contribution in [1.82, 2.24) is 4.98 Å². The smallest absolute Gasteiger partial charge is 0.0956 e. The molecule has 0 spiro atoms. The van der Waals surface area contributed by atoms with Crippen LogP contribution >= 0.6 is 22.9 Å². The second kappa shape index (κ2) is 4.80. The molecule has 1 aromatic carbocycles. The molecule has 96 valence electrons. The molecule has 0 amide bonds. The lowest BCUT2D eigenvalue weighted by molar-refractivity contribution is 0.294. The van der Waals surface area contributed by atoms with Crippen LogP contribution in [0.1, 0.15) is 37.1 Å². The van der Waals surface area contributed by atoms with Crippen molar-refractivity contribution in [1.29, 1.82) is 0 Å². The first-order chi connectivity index (χ1) is 8.65. The third-order valence-electron chi connectivity index (χ3n) is 3.75. The highest BCUT2D eigenvalue weighted by molar-refractivity contribution is 7.18. The minimum absolute atomic E-state index is 0.0318. The fraction of sp³-hybridized carbons (Fsp3) is 0.500. The molecule has 0 saturated heterocycles. The van der Waals surface area contributed by atoms with Crippen molar-refractivity contribution in [2.24, 2.45) is 5.73 Å². The first-order valence-corrected chi connectivity index (χ1v) is 7.68. The van der Waals surface area contributed by atoms with E-state index in [9.17, 15) is 0 Å². The summed E-state index contributed by atoms with van der Waals surface area (Å²) in [5.41, 5.74) is 7.45. The van der Waals surface area contributed by atoms with Gasteiger partial charge in [-0.15, -0.1) is 11.3 Å². The van der Waals surface area contributed by atoms with E-state index in [0.717, 1.165) is 34.8 Å². The lowest BCUT2D eigenvalue weighted by Crippen LogP contribution is -2.43. The second-order valence-electron chi connectivity index (χ2n) is 5.32. The number of hydrogen-bond acceptors (Lipinski definition) is 3. The van der Waals surface area contributed by atoms with Crippen molar-refractivity contribution >= 4 is 33.2 Å². The number of rotatable bonds is 2. The van der Waals surface area contributed by atoms with Gasteiger partial charge in [-0.3, -0.25) is 0 Å².